The van der Waals surface area contributed by atoms with Gasteiger partial charge >= 0.3 is 0 Å². The fourth-order valence-electron chi connectivity index (χ4n) is 4.38. The summed E-state index contributed by atoms with van der Waals surface area (Å²) in [7, 11) is 0. The first kappa shape index (κ1) is 21.9. The van der Waals surface area contributed by atoms with Gasteiger partial charge in [-0.3, -0.25) is 14.6 Å². The summed E-state index contributed by atoms with van der Waals surface area (Å²) in [6, 6.07) is 7.54. The van der Waals surface area contributed by atoms with E-state index < -0.39 is 0 Å². The zero-order valence-electron chi connectivity index (χ0n) is 19.1. The van der Waals surface area contributed by atoms with Gasteiger partial charge in [0.15, 0.2) is 5.65 Å². The van der Waals surface area contributed by atoms with Gasteiger partial charge in [0.05, 0.1) is 5.69 Å². The maximum Gasteiger partial charge on any atom is 0.272 e. The number of hydrogen-bond acceptors (Lipinski definition) is 5. The van der Waals surface area contributed by atoms with E-state index in [1.165, 1.54) is 0 Å². The first-order valence-corrected chi connectivity index (χ1v) is 11.2. The molecule has 1 fully saturated rings. The van der Waals surface area contributed by atoms with Crippen molar-refractivity contribution < 1.29 is 9.59 Å². The fourth-order valence-corrected chi connectivity index (χ4v) is 4.38. The summed E-state index contributed by atoms with van der Waals surface area (Å²) < 4.78 is 1.88. The molecule has 3 aromatic rings. The van der Waals surface area contributed by atoms with Gasteiger partial charge in [-0.2, -0.15) is 5.10 Å². The molecule has 4 rings (SSSR count). The maximum absolute atomic E-state index is 12.7. The van der Waals surface area contributed by atoms with Crippen LogP contribution in [0.2, 0.25) is 0 Å². The SMILES string of the molecule is Cc1nc2cc([C@H]3CCN(C(=O)c4ccccn4)C3)nn2c(C)c1CCC(=O)NC(C)C. The van der Waals surface area contributed by atoms with Crippen molar-refractivity contribution in [2.75, 3.05) is 13.1 Å². The summed E-state index contributed by atoms with van der Waals surface area (Å²) in [5, 5.41) is 7.77. The molecular weight excluding hydrogens is 404 g/mol. The van der Waals surface area contributed by atoms with Crippen LogP contribution in [-0.2, 0) is 11.2 Å². The highest BCUT2D eigenvalue weighted by molar-refractivity contribution is 5.92. The minimum Gasteiger partial charge on any atom is -0.354 e. The normalized spacial score (nSPS) is 16.2. The number of nitrogens with one attached hydrogen (secondary N) is 1. The zero-order chi connectivity index (χ0) is 22.8. The van der Waals surface area contributed by atoms with E-state index in [0.29, 0.717) is 31.6 Å². The summed E-state index contributed by atoms with van der Waals surface area (Å²) in [5.74, 6) is 0.178. The van der Waals surface area contributed by atoms with Crippen molar-refractivity contribution in [1.29, 1.82) is 0 Å². The highest BCUT2D eigenvalue weighted by Crippen LogP contribution is 2.28. The van der Waals surface area contributed by atoms with Gasteiger partial charge < -0.3 is 10.2 Å². The molecule has 2 amide bonds. The lowest BCUT2D eigenvalue weighted by molar-refractivity contribution is -0.121. The summed E-state index contributed by atoms with van der Waals surface area (Å²) in [6.07, 6.45) is 3.56. The molecule has 0 aliphatic carbocycles. The molecule has 1 N–H and O–H groups in total. The topological polar surface area (TPSA) is 92.5 Å². The Labute approximate surface area is 188 Å². The predicted molar refractivity (Wildman–Crippen MR) is 122 cm³/mol. The monoisotopic (exact) mass is 434 g/mol. The van der Waals surface area contributed by atoms with Gasteiger partial charge in [-0.1, -0.05) is 6.07 Å². The van der Waals surface area contributed by atoms with Crippen LogP contribution in [-0.4, -0.2) is 55.4 Å². The highest BCUT2D eigenvalue weighted by Gasteiger charge is 2.30. The van der Waals surface area contributed by atoms with Crippen molar-refractivity contribution in [2.45, 2.75) is 58.9 Å². The van der Waals surface area contributed by atoms with Crippen molar-refractivity contribution in [3.8, 4) is 0 Å². The van der Waals surface area contributed by atoms with E-state index in [9.17, 15) is 9.59 Å². The predicted octanol–water partition coefficient (Wildman–Crippen LogP) is 2.83. The van der Waals surface area contributed by atoms with Crippen molar-refractivity contribution in [2.24, 2.45) is 0 Å². The van der Waals surface area contributed by atoms with Crippen LogP contribution < -0.4 is 5.32 Å². The summed E-state index contributed by atoms with van der Waals surface area (Å²) in [4.78, 5) is 35.6. The van der Waals surface area contributed by atoms with Crippen LogP contribution in [0, 0.1) is 13.8 Å². The van der Waals surface area contributed by atoms with E-state index in [4.69, 9.17) is 10.1 Å². The van der Waals surface area contributed by atoms with E-state index in [0.717, 1.165) is 34.7 Å². The lowest BCUT2D eigenvalue weighted by Gasteiger charge is -2.15. The summed E-state index contributed by atoms with van der Waals surface area (Å²) in [5.41, 5.74) is 5.23. The number of aryl methyl sites for hydroxylation is 2. The van der Waals surface area contributed by atoms with E-state index in [1.807, 2.05) is 55.3 Å². The van der Waals surface area contributed by atoms with Gasteiger partial charge in [0.25, 0.3) is 5.91 Å². The Balaban J connectivity index is 1.51. The minimum absolute atomic E-state index is 0.0380. The van der Waals surface area contributed by atoms with Crippen LogP contribution in [0.4, 0.5) is 0 Å². The van der Waals surface area contributed by atoms with Crippen LogP contribution in [0.3, 0.4) is 0 Å². The van der Waals surface area contributed by atoms with E-state index >= 15 is 0 Å². The molecule has 4 heterocycles. The molecule has 1 aliphatic rings. The number of pyridine rings is 1. The van der Waals surface area contributed by atoms with Crippen LogP contribution in [0.1, 0.15) is 65.7 Å². The lowest BCUT2D eigenvalue weighted by atomic mass is 10.1. The molecule has 0 radical (unpaired) electrons. The first-order valence-electron chi connectivity index (χ1n) is 11.2. The summed E-state index contributed by atoms with van der Waals surface area (Å²) in [6.45, 7) is 9.25. The third-order valence-electron chi connectivity index (χ3n) is 6.01. The van der Waals surface area contributed by atoms with Gasteiger partial charge in [0.2, 0.25) is 5.91 Å². The van der Waals surface area contributed by atoms with Crippen LogP contribution in [0.15, 0.2) is 30.5 Å². The number of rotatable bonds is 6. The molecular formula is C24H30N6O2. The molecule has 1 atom stereocenters. The van der Waals surface area contributed by atoms with Gasteiger partial charge in [-0.05, 0) is 58.2 Å². The number of amides is 2. The van der Waals surface area contributed by atoms with Gasteiger partial charge in [-0.15, -0.1) is 0 Å². The lowest BCUT2D eigenvalue weighted by Crippen LogP contribution is -2.30. The fraction of sp³-hybridized carbons (Fsp3) is 0.458. The Bertz CT molecular complexity index is 1140. The molecule has 0 saturated carbocycles. The molecule has 1 saturated heterocycles. The Kier molecular flexibility index (Phi) is 6.21. The van der Waals surface area contributed by atoms with Crippen LogP contribution in [0.25, 0.3) is 5.65 Å². The van der Waals surface area contributed by atoms with E-state index in [2.05, 4.69) is 10.3 Å². The summed E-state index contributed by atoms with van der Waals surface area (Å²) >= 11 is 0. The Hall–Kier alpha value is -3.29. The van der Waals surface area contributed by atoms with Crippen LogP contribution in [0.5, 0.6) is 0 Å². The number of hydrogen-bond donors (Lipinski definition) is 1. The molecule has 3 aromatic heterocycles. The number of aromatic nitrogens is 4. The smallest absolute Gasteiger partial charge is 0.272 e. The van der Waals surface area contributed by atoms with Gasteiger partial charge in [-0.25, -0.2) is 9.50 Å². The van der Waals surface area contributed by atoms with Crippen molar-refractivity contribution in [1.82, 2.24) is 29.8 Å². The van der Waals surface area contributed by atoms with Crippen molar-refractivity contribution >= 4 is 17.5 Å². The van der Waals surface area contributed by atoms with Gasteiger partial charge in [0, 0.05) is 55.1 Å². The number of nitrogens with zero attached hydrogens (tertiary/aromatic N) is 5. The molecule has 0 aromatic carbocycles. The molecule has 168 valence electrons. The molecule has 0 bridgehead atoms. The standard InChI is InChI=1S/C24H30N6O2/c1-15(2)26-23(31)9-8-19-16(3)27-22-13-21(28-30(22)17(19)4)18-10-12-29(14-18)24(32)20-7-5-6-11-25-20/h5-7,11,13,15,18H,8-10,12,14H2,1-4H3,(H,26,31)/t18-/m0/s1. The third-order valence-corrected chi connectivity index (χ3v) is 6.01. The maximum atomic E-state index is 12.7. The second-order valence-electron chi connectivity index (χ2n) is 8.77. The third kappa shape index (κ3) is 4.49. The number of likely N-dealkylation sites (tertiary alicyclic amines) is 1. The molecule has 8 heteroatoms. The van der Waals surface area contributed by atoms with Crippen LogP contribution >= 0.6 is 0 Å². The quantitative estimate of drug-likeness (QED) is 0.644. The van der Waals surface area contributed by atoms with Crippen molar-refractivity contribution in [3.63, 3.8) is 0 Å². The number of fused-ring (bicyclic) bond motifs is 1. The zero-order valence-corrected chi connectivity index (χ0v) is 19.1. The second kappa shape index (κ2) is 9.06. The molecule has 1 aliphatic heterocycles. The molecule has 32 heavy (non-hydrogen) atoms. The minimum atomic E-state index is -0.0380. The number of carbonyl (C=O) groups excluding carboxylic acids is 2. The largest absolute Gasteiger partial charge is 0.354 e. The number of carbonyl (C=O) groups is 2. The Morgan fingerprint density at radius 3 is 2.78 bits per heavy atom. The second-order valence-corrected chi connectivity index (χ2v) is 8.77. The average molecular weight is 435 g/mol. The first-order chi connectivity index (χ1) is 15.3. The Morgan fingerprint density at radius 1 is 1.25 bits per heavy atom. The molecule has 0 unspecified atom stereocenters. The van der Waals surface area contributed by atoms with E-state index in [1.54, 1.807) is 12.3 Å². The average Bonchev–Trinajstić information content (AvgIpc) is 3.40. The van der Waals surface area contributed by atoms with Gasteiger partial charge in [0.1, 0.15) is 5.69 Å². The highest BCUT2D eigenvalue weighted by atomic mass is 16.2. The van der Waals surface area contributed by atoms with E-state index in [-0.39, 0.29) is 23.8 Å². The van der Waals surface area contributed by atoms with Crippen molar-refractivity contribution in [3.05, 3.63) is 58.8 Å². The Morgan fingerprint density at radius 2 is 2.06 bits per heavy atom. The molecule has 8 nitrogen and oxygen atoms in total. The molecule has 0 spiro atoms.